The highest BCUT2D eigenvalue weighted by molar-refractivity contribution is 7.20. The van der Waals surface area contributed by atoms with E-state index in [9.17, 15) is 14.0 Å². The second-order valence-electron chi connectivity index (χ2n) is 8.59. The molecule has 32 heavy (non-hydrogen) atoms. The maximum atomic E-state index is 13.5. The quantitative estimate of drug-likeness (QED) is 0.464. The van der Waals surface area contributed by atoms with Crippen LogP contribution in [-0.4, -0.2) is 37.7 Å². The fourth-order valence-electron chi connectivity index (χ4n) is 4.66. The Balaban J connectivity index is 1.58. The van der Waals surface area contributed by atoms with Crippen LogP contribution in [0.25, 0.3) is 21.1 Å². The van der Waals surface area contributed by atoms with E-state index in [-0.39, 0.29) is 29.9 Å². The second kappa shape index (κ2) is 8.16. The summed E-state index contributed by atoms with van der Waals surface area (Å²) in [6, 6.07) is 8.56. The van der Waals surface area contributed by atoms with E-state index in [1.165, 1.54) is 16.8 Å². The third-order valence-electron chi connectivity index (χ3n) is 6.32. The molecular formula is C24H25FN4O2S. The van der Waals surface area contributed by atoms with Gasteiger partial charge in [0.2, 0.25) is 5.91 Å². The van der Waals surface area contributed by atoms with Crippen molar-refractivity contribution in [3.63, 3.8) is 0 Å². The van der Waals surface area contributed by atoms with Crippen LogP contribution in [0.3, 0.4) is 0 Å². The lowest BCUT2D eigenvalue weighted by Gasteiger charge is -2.33. The van der Waals surface area contributed by atoms with Gasteiger partial charge in [-0.1, -0.05) is 12.1 Å². The number of nitrogens with zero attached hydrogens (tertiary/aromatic N) is 4. The summed E-state index contributed by atoms with van der Waals surface area (Å²) in [5.41, 5.74) is 2.11. The van der Waals surface area contributed by atoms with Crippen LogP contribution in [-0.2, 0) is 17.9 Å². The van der Waals surface area contributed by atoms with Crippen molar-refractivity contribution in [1.29, 1.82) is 0 Å². The van der Waals surface area contributed by atoms with E-state index in [0.717, 1.165) is 51.9 Å². The highest BCUT2D eigenvalue weighted by atomic mass is 32.1. The van der Waals surface area contributed by atoms with E-state index in [1.54, 1.807) is 29.7 Å². The van der Waals surface area contributed by atoms with Gasteiger partial charge in [-0.2, -0.15) is 5.10 Å². The Bertz CT molecular complexity index is 1370. The Hall–Kier alpha value is -3.00. The number of thiophene rings is 1. The van der Waals surface area contributed by atoms with Gasteiger partial charge in [0.25, 0.3) is 5.56 Å². The molecule has 4 aromatic rings. The molecule has 0 spiro atoms. The van der Waals surface area contributed by atoms with Gasteiger partial charge >= 0.3 is 0 Å². The van der Waals surface area contributed by atoms with Crippen molar-refractivity contribution in [1.82, 2.24) is 19.2 Å². The predicted octanol–water partition coefficient (Wildman–Crippen LogP) is 4.31. The Morgan fingerprint density at radius 1 is 1.25 bits per heavy atom. The van der Waals surface area contributed by atoms with E-state index < -0.39 is 0 Å². The van der Waals surface area contributed by atoms with Crippen molar-refractivity contribution in [2.45, 2.75) is 52.2 Å². The van der Waals surface area contributed by atoms with Crippen molar-refractivity contribution in [3.05, 3.63) is 63.1 Å². The lowest BCUT2D eigenvalue weighted by molar-refractivity contribution is -0.135. The van der Waals surface area contributed by atoms with Crippen LogP contribution in [0.1, 0.15) is 36.6 Å². The smallest absolute Gasteiger partial charge is 0.291 e. The molecule has 6 nitrogen and oxygen atoms in total. The summed E-state index contributed by atoms with van der Waals surface area (Å²) in [6.07, 6.45) is 4.81. The Labute approximate surface area is 188 Å². The minimum absolute atomic E-state index is 0.0620. The molecule has 0 bridgehead atoms. The summed E-state index contributed by atoms with van der Waals surface area (Å²) in [6.45, 7) is 5.19. The lowest BCUT2D eigenvalue weighted by atomic mass is 10.0. The number of benzene rings is 1. The molecule has 4 heterocycles. The average Bonchev–Trinajstić information content (AvgIpc) is 3.28. The zero-order valence-electron chi connectivity index (χ0n) is 18.2. The fourth-order valence-corrected chi connectivity index (χ4v) is 5.68. The van der Waals surface area contributed by atoms with Gasteiger partial charge in [0, 0.05) is 29.4 Å². The van der Waals surface area contributed by atoms with Crippen LogP contribution >= 0.6 is 11.3 Å². The minimum atomic E-state index is -0.292. The number of halogens is 1. The highest BCUT2D eigenvalue weighted by Gasteiger charge is 2.25. The SMILES string of the molecule is Cc1cc2c(s1)c1cnn(CC(=O)N3CCCCC3C)c(=O)c1n2Cc1ccc(F)cc1. The van der Waals surface area contributed by atoms with Gasteiger partial charge in [0.05, 0.1) is 16.4 Å². The number of carbonyl (C=O) groups is 1. The summed E-state index contributed by atoms with van der Waals surface area (Å²) >= 11 is 1.62. The molecule has 0 aliphatic carbocycles. The molecule has 1 aliphatic heterocycles. The Morgan fingerprint density at radius 3 is 2.78 bits per heavy atom. The molecule has 1 saturated heterocycles. The maximum absolute atomic E-state index is 13.5. The minimum Gasteiger partial charge on any atom is -0.338 e. The molecule has 0 saturated carbocycles. The Kier molecular flexibility index (Phi) is 5.33. The zero-order valence-corrected chi connectivity index (χ0v) is 19.0. The van der Waals surface area contributed by atoms with Gasteiger partial charge in [-0.15, -0.1) is 11.3 Å². The van der Waals surface area contributed by atoms with Gasteiger partial charge in [0.1, 0.15) is 17.9 Å². The third-order valence-corrected chi connectivity index (χ3v) is 7.39. The summed E-state index contributed by atoms with van der Waals surface area (Å²) < 4.78 is 17.6. The summed E-state index contributed by atoms with van der Waals surface area (Å²) in [5.74, 6) is -0.361. The van der Waals surface area contributed by atoms with E-state index >= 15 is 0 Å². The normalized spacial score (nSPS) is 16.8. The van der Waals surface area contributed by atoms with Gasteiger partial charge in [-0.25, -0.2) is 9.07 Å². The van der Waals surface area contributed by atoms with E-state index in [4.69, 9.17) is 0 Å². The van der Waals surface area contributed by atoms with Crippen LogP contribution in [0.2, 0.25) is 0 Å². The number of carbonyl (C=O) groups excluding carboxylic acids is 1. The number of aryl methyl sites for hydroxylation is 1. The van der Waals surface area contributed by atoms with Crippen LogP contribution in [0.5, 0.6) is 0 Å². The predicted molar refractivity (Wildman–Crippen MR) is 125 cm³/mol. The van der Waals surface area contributed by atoms with Crippen molar-refractivity contribution in [2.24, 2.45) is 0 Å². The number of fused-ring (bicyclic) bond motifs is 3. The number of aromatic nitrogens is 3. The maximum Gasteiger partial charge on any atom is 0.291 e. The highest BCUT2D eigenvalue weighted by Crippen LogP contribution is 2.34. The molecule has 1 aromatic carbocycles. The molecule has 1 amide bonds. The van der Waals surface area contributed by atoms with Gasteiger partial charge in [0.15, 0.2) is 0 Å². The van der Waals surface area contributed by atoms with E-state index in [2.05, 4.69) is 18.1 Å². The number of rotatable bonds is 4. The first-order valence-corrected chi connectivity index (χ1v) is 11.8. The first-order valence-electron chi connectivity index (χ1n) is 10.9. The third kappa shape index (κ3) is 3.62. The second-order valence-corrected chi connectivity index (χ2v) is 9.84. The van der Waals surface area contributed by atoms with Crippen molar-refractivity contribution < 1.29 is 9.18 Å². The molecule has 0 N–H and O–H groups in total. The average molecular weight is 453 g/mol. The number of amides is 1. The van der Waals surface area contributed by atoms with Crippen molar-refractivity contribution in [2.75, 3.05) is 6.54 Å². The van der Waals surface area contributed by atoms with Crippen molar-refractivity contribution in [3.8, 4) is 0 Å². The van der Waals surface area contributed by atoms with Gasteiger partial charge in [-0.3, -0.25) is 9.59 Å². The van der Waals surface area contributed by atoms with E-state index in [0.29, 0.717) is 12.1 Å². The molecule has 1 fully saturated rings. The van der Waals surface area contributed by atoms with Crippen LogP contribution in [0.15, 0.2) is 41.3 Å². The van der Waals surface area contributed by atoms with E-state index in [1.807, 2.05) is 16.4 Å². The Morgan fingerprint density at radius 2 is 2.03 bits per heavy atom. The molecule has 1 atom stereocenters. The molecular weight excluding hydrogens is 427 g/mol. The summed E-state index contributed by atoms with van der Waals surface area (Å²) in [5, 5.41) is 5.15. The lowest BCUT2D eigenvalue weighted by Crippen LogP contribution is -2.45. The number of hydrogen-bond acceptors (Lipinski definition) is 4. The van der Waals surface area contributed by atoms with Gasteiger partial charge < -0.3 is 9.47 Å². The van der Waals surface area contributed by atoms with Crippen LogP contribution in [0.4, 0.5) is 4.39 Å². The van der Waals surface area contributed by atoms with Crippen LogP contribution < -0.4 is 5.56 Å². The van der Waals surface area contributed by atoms with Crippen molar-refractivity contribution >= 4 is 38.4 Å². The molecule has 5 rings (SSSR count). The summed E-state index contributed by atoms with van der Waals surface area (Å²) in [7, 11) is 0. The molecule has 1 aliphatic rings. The molecule has 1 unspecified atom stereocenters. The molecule has 3 aromatic heterocycles. The standard InChI is InChI=1S/C24H25FN4O2S/c1-15-5-3-4-10-27(15)21(30)14-29-24(31)22-19(12-26-29)23-20(11-16(2)32-23)28(22)13-17-6-8-18(25)9-7-17/h6-9,11-12,15H,3-5,10,13-14H2,1-2H3. The fraction of sp³-hybridized carbons (Fsp3) is 0.375. The molecule has 0 radical (unpaired) electrons. The number of piperidine rings is 1. The number of hydrogen-bond donors (Lipinski definition) is 0. The summed E-state index contributed by atoms with van der Waals surface area (Å²) in [4.78, 5) is 29.4. The topological polar surface area (TPSA) is 60.1 Å². The molecule has 8 heteroatoms. The monoisotopic (exact) mass is 452 g/mol. The first kappa shape index (κ1) is 20.9. The van der Waals surface area contributed by atoms with Crippen LogP contribution in [0, 0.1) is 12.7 Å². The number of likely N-dealkylation sites (tertiary alicyclic amines) is 1. The zero-order chi connectivity index (χ0) is 22.4. The largest absolute Gasteiger partial charge is 0.338 e. The van der Waals surface area contributed by atoms with Gasteiger partial charge in [-0.05, 0) is 56.9 Å². The first-order chi connectivity index (χ1) is 15.4. The molecule has 166 valence electrons.